The zero-order chi connectivity index (χ0) is 17.3. The first-order valence-corrected chi connectivity index (χ1v) is 8.63. The van der Waals surface area contributed by atoms with Gasteiger partial charge in [0.05, 0.1) is 19.3 Å². The molecule has 3 rings (SSSR count). The van der Waals surface area contributed by atoms with Gasteiger partial charge < -0.3 is 9.47 Å². The zero-order valence-electron chi connectivity index (χ0n) is 14.7. The number of morpholine rings is 1. The molecular formula is C17H27N3O4. The number of hydrogen-bond acceptors (Lipinski definition) is 5. The van der Waals surface area contributed by atoms with E-state index >= 15 is 0 Å². The van der Waals surface area contributed by atoms with E-state index in [-0.39, 0.29) is 23.4 Å². The van der Waals surface area contributed by atoms with E-state index in [2.05, 4.69) is 4.90 Å². The highest BCUT2D eigenvalue weighted by atomic mass is 16.5. The van der Waals surface area contributed by atoms with Gasteiger partial charge in [0, 0.05) is 58.0 Å². The minimum Gasteiger partial charge on any atom is -0.381 e. The van der Waals surface area contributed by atoms with Gasteiger partial charge in [0.15, 0.2) is 0 Å². The molecule has 0 spiro atoms. The molecule has 1 aromatic rings. The fourth-order valence-corrected chi connectivity index (χ4v) is 4.07. The lowest BCUT2D eigenvalue weighted by molar-refractivity contribution is -0.0615. The highest BCUT2D eigenvalue weighted by Crippen LogP contribution is 2.34. The van der Waals surface area contributed by atoms with Crippen molar-refractivity contribution in [2.24, 2.45) is 20.0 Å². The standard InChI is InChI=1S/C17H27N3O4/c1-18-12(9-16(21)19(2)17(18)22)10-20-7-8-24-11-14(20)13-5-4-6-15(13)23-3/h9,13-15H,4-8,10-11H2,1-3H3/t13-,14-,15-/m1/s1. The van der Waals surface area contributed by atoms with Gasteiger partial charge in [-0.15, -0.1) is 0 Å². The lowest BCUT2D eigenvalue weighted by Crippen LogP contribution is -2.51. The van der Waals surface area contributed by atoms with Crippen molar-refractivity contribution in [3.8, 4) is 0 Å². The third-order valence-electron chi connectivity index (χ3n) is 5.57. The third-order valence-corrected chi connectivity index (χ3v) is 5.57. The van der Waals surface area contributed by atoms with Crippen LogP contribution in [0.5, 0.6) is 0 Å². The monoisotopic (exact) mass is 337 g/mol. The molecule has 1 saturated heterocycles. The fraction of sp³-hybridized carbons (Fsp3) is 0.765. The van der Waals surface area contributed by atoms with E-state index in [0.29, 0.717) is 25.7 Å². The normalized spacial score (nSPS) is 28.4. The molecule has 0 aromatic carbocycles. The van der Waals surface area contributed by atoms with Gasteiger partial charge in [-0.25, -0.2) is 4.79 Å². The molecular weight excluding hydrogens is 310 g/mol. The largest absolute Gasteiger partial charge is 0.381 e. The highest BCUT2D eigenvalue weighted by Gasteiger charge is 2.38. The Hall–Kier alpha value is -1.44. The van der Waals surface area contributed by atoms with Crippen LogP contribution >= 0.6 is 0 Å². The highest BCUT2D eigenvalue weighted by molar-refractivity contribution is 5.04. The van der Waals surface area contributed by atoms with Crippen molar-refractivity contribution in [3.05, 3.63) is 32.6 Å². The number of rotatable bonds is 4. The Kier molecular flexibility index (Phi) is 5.22. The predicted molar refractivity (Wildman–Crippen MR) is 90.1 cm³/mol. The summed E-state index contributed by atoms with van der Waals surface area (Å²) in [4.78, 5) is 26.5. The number of nitrogens with zero attached hydrogens (tertiary/aromatic N) is 3. The van der Waals surface area contributed by atoms with E-state index in [1.165, 1.54) is 13.5 Å². The van der Waals surface area contributed by atoms with Crippen LogP contribution in [-0.4, -0.2) is 53.0 Å². The summed E-state index contributed by atoms with van der Waals surface area (Å²) in [6.07, 6.45) is 3.68. The summed E-state index contributed by atoms with van der Waals surface area (Å²) in [5, 5.41) is 0. The van der Waals surface area contributed by atoms with Crippen LogP contribution in [-0.2, 0) is 30.1 Å². The molecule has 24 heavy (non-hydrogen) atoms. The summed E-state index contributed by atoms with van der Waals surface area (Å²) in [7, 11) is 5.01. The topological polar surface area (TPSA) is 65.7 Å². The molecule has 2 fully saturated rings. The average Bonchev–Trinajstić information content (AvgIpc) is 3.06. The predicted octanol–water partition coefficient (Wildman–Crippen LogP) is 0.0999. The molecule has 0 bridgehead atoms. The molecule has 1 aliphatic heterocycles. The van der Waals surface area contributed by atoms with Crippen LogP contribution < -0.4 is 11.2 Å². The first-order valence-electron chi connectivity index (χ1n) is 8.63. The number of ether oxygens (including phenoxy) is 2. The molecule has 7 nitrogen and oxygen atoms in total. The van der Waals surface area contributed by atoms with Gasteiger partial charge in [-0.3, -0.25) is 18.8 Å². The minimum atomic E-state index is -0.280. The second-order valence-electron chi connectivity index (χ2n) is 6.86. The van der Waals surface area contributed by atoms with Crippen LogP contribution in [0.4, 0.5) is 0 Å². The summed E-state index contributed by atoms with van der Waals surface area (Å²) in [5.41, 5.74) is 0.216. The van der Waals surface area contributed by atoms with Crippen molar-refractivity contribution < 1.29 is 9.47 Å². The van der Waals surface area contributed by atoms with Gasteiger partial charge >= 0.3 is 5.69 Å². The summed E-state index contributed by atoms with van der Waals surface area (Å²) < 4.78 is 14.1. The first-order chi connectivity index (χ1) is 11.5. The molecule has 2 aliphatic rings. The van der Waals surface area contributed by atoms with Gasteiger partial charge in [-0.2, -0.15) is 0 Å². The quantitative estimate of drug-likeness (QED) is 0.780. The third kappa shape index (κ3) is 3.20. The maximum Gasteiger partial charge on any atom is 0.330 e. The molecule has 0 N–H and O–H groups in total. The van der Waals surface area contributed by atoms with Crippen molar-refractivity contribution in [1.29, 1.82) is 0 Å². The van der Waals surface area contributed by atoms with Gasteiger partial charge in [0.25, 0.3) is 5.56 Å². The molecule has 0 radical (unpaired) electrons. The van der Waals surface area contributed by atoms with Crippen LogP contribution in [0.15, 0.2) is 15.7 Å². The molecule has 134 valence electrons. The van der Waals surface area contributed by atoms with E-state index < -0.39 is 0 Å². The van der Waals surface area contributed by atoms with Crippen LogP contribution in [0.1, 0.15) is 25.0 Å². The lowest BCUT2D eigenvalue weighted by Gasteiger charge is -2.40. The second kappa shape index (κ2) is 7.21. The molecule has 1 saturated carbocycles. The second-order valence-corrected chi connectivity index (χ2v) is 6.86. The molecule has 7 heteroatoms. The Morgan fingerprint density at radius 2 is 2.04 bits per heavy atom. The smallest absolute Gasteiger partial charge is 0.330 e. The van der Waals surface area contributed by atoms with Crippen molar-refractivity contribution in [3.63, 3.8) is 0 Å². The lowest BCUT2D eigenvalue weighted by atomic mass is 9.94. The van der Waals surface area contributed by atoms with Crippen molar-refractivity contribution in [2.45, 2.75) is 38.0 Å². The Balaban J connectivity index is 1.85. The Labute approximate surface area is 141 Å². The number of hydrogen-bond donors (Lipinski definition) is 0. The Morgan fingerprint density at radius 1 is 1.25 bits per heavy atom. The van der Waals surface area contributed by atoms with Crippen LogP contribution in [0.2, 0.25) is 0 Å². The van der Waals surface area contributed by atoms with Crippen molar-refractivity contribution in [1.82, 2.24) is 14.0 Å². The van der Waals surface area contributed by atoms with Crippen LogP contribution in [0.25, 0.3) is 0 Å². The summed E-state index contributed by atoms with van der Waals surface area (Å²) >= 11 is 0. The Bertz CT molecular complexity index is 696. The van der Waals surface area contributed by atoms with E-state index in [1.54, 1.807) is 24.8 Å². The van der Waals surface area contributed by atoms with E-state index in [0.717, 1.165) is 29.6 Å². The maximum atomic E-state index is 12.2. The van der Waals surface area contributed by atoms with E-state index in [4.69, 9.17) is 9.47 Å². The Morgan fingerprint density at radius 3 is 2.79 bits per heavy atom. The average molecular weight is 337 g/mol. The zero-order valence-corrected chi connectivity index (χ0v) is 14.7. The van der Waals surface area contributed by atoms with E-state index in [1.807, 2.05) is 0 Å². The van der Waals surface area contributed by atoms with Crippen molar-refractivity contribution in [2.75, 3.05) is 26.9 Å². The summed E-state index contributed by atoms with van der Waals surface area (Å²) in [6.45, 7) is 2.76. The molecule has 1 aliphatic carbocycles. The van der Waals surface area contributed by atoms with Crippen molar-refractivity contribution >= 4 is 0 Å². The van der Waals surface area contributed by atoms with Gasteiger partial charge in [0.2, 0.25) is 0 Å². The van der Waals surface area contributed by atoms with Gasteiger partial charge in [-0.05, 0) is 12.8 Å². The first kappa shape index (κ1) is 17.4. The fourth-order valence-electron chi connectivity index (χ4n) is 4.07. The maximum absolute atomic E-state index is 12.2. The van der Waals surface area contributed by atoms with E-state index in [9.17, 15) is 9.59 Å². The summed E-state index contributed by atoms with van der Waals surface area (Å²) in [5.74, 6) is 0.443. The molecule has 0 amide bonds. The molecule has 1 aromatic heterocycles. The number of methoxy groups -OCH3 is 1. The number of aromatic nitrogens is 2. The summed E-state index contributed by atoms with van der Waals surface area (Å²) in [6, 6.07) is 1.83. The molecule has 0 unspecified atom stereocenters. The SMILES string of the molecule is CO[C@@H]1CCC[C@@H]1[C@H]1COCCN1Cc1cc(=O)n(C)c(=O)n1C. The van der Waals surface area contributed by atoms with Crippen LogP contribution in [0, 0.1) is 5.92 Å². The molecule has 3 atom stereocenters. The van der Waals surface area contributed by atoms with Gasteiger partial charge in [-0.1, -0.05) is 6.42 Å². The minimum absolute atomic E-state index is 0.256. The molecule has 2 heterocycles. The van der Waals surface area contributed by atoms with Crippen LogP contribution in [0.3, 0.4) is 0 Å². The van der Waals surface area contributed by atoms with Gasteiger partial charge in [0.1, 0.15) is 0 Å².